The van der Waals surface area contributed by atoms with Gasteiger partial charge in [-0.25, -0.2) is 0 Å². The summed E-state index contributed by atoms with van der Waals surface area (Å²) in [5, 5.41) is 6.30. The van der Waals surface area contributed by atoms with E-state index in [4.69, 9.17) is 0 Å². The van der Waals surface area contributed by atoms with Crippen LogP contribution in [-0.4, -0.2) is 18.5 Å². The third-order valence-electron chi connectivity index (χ3n) is 3.62. The number of carbonyl (C=O) groups excluding carboxylic acids is 1. The van der Waals surface area contributed by atoms with E-state index >= 15 is 0 Å². The zero-order chi connectivity index (χ0) is 13.8. The first-order valence-corrected chi connectivity index (χ1v) is 8.18. The first-order chi connectivity index (χ1) is 9.11. The normalized spacial score (nSPS) is 23.1. The van der Waals surface area contributed by atoms with E-state index in [1.165, 1.54) is 6.42 Å². The topological polar surface area (TPSA) is 41.1 Å². The monoisotopic (exact) mass is 388 g/mol. The summed E-state index contributed by atoms with van der Waals surface area (Å²) in [7, 11) is 0. The number of para-hydroxylation sites is 1. The second-order valence-electron chi connectivity index (χ2n) is 4.89. The van der Waals surface area contributed by atoms with Gasteiger partial charge in [0.25, 0.3) is 0 Å². The predicted molar refractivity (Wildman–Crippen MR) is 85.3 cm³/mol. The summed E-state index contributed by atoms with van der Waals surface area (Å²) in [5.41, 5.74) is 0.799. The molecule has 1 fully saturated rings. The molecule has 2 atom stereocenters. The quantitative estimate of drug-likeness (QED) is 0.822. The van der Waals surface area contributed by atoms with Crippen LogP contribution in [0.2, 0.25) is 0 Å². The Kier molecular flexibility index (Phi) is 5.42. The fourth-order valence-corrected chi connectivity index (χ4v) is 3.59. The molecule has 1 aromatic carbocycles. The van der Waals surface area contributed by atoms with Crippen molar-refractivity contribution in [2.24, 2.45) is 5.92 Å². The molecule has 1 aliphatic heterocycles. The minimum Gasteiger partial charge on any atom is -0.323 e. The molecule has 2 rings (SSSR count). The van der Waals surface area contributed by atoms with Crippen molar-refractivity contribution in [2.45, 2.75) is 32.2 Å². The first kappa shape index (κ1) is 15.0. The van der Waals surface area contributed by atoms with Crippen LogP contribution in [0.15, 0.2) is 27.1 Å². The number of halogens is 2. The lowest BCUT2D eigenvalue weighted by molar-refractivity contribution is -0.119. The van der Waals surface area contributed by atoms with Crippen LogP contribution in [0.1, 0.15) is 26.2 Å². The minimum absolute atomic E-state index is 0.0470. The third-order valence-corrected chi connectivity index (χ3v) is 4.94. The molecule has 1 aromatic rings. The van der Waals surface area contributed by atoms with Gasteiger partial charge < -0.3 is 10.6 Å². The summed E-state index contributed by atoms with van der Waals surface area (Å²) in [5.74, 6) is 0.699. The van der Waals surface area contributed by atoms with Crippen molar-refractivity contribution in [1.82, 2.24) is 5.32 Å². The van der Waals surface area contributed by atoms with Crippen LogP contribution >= 0.6 is 31.9 Å². The minimum atomic E-state index is -0.0855. The Bertz CT molecular complexity index is 445. The maximum Gasteiger partial charge on any atom is 0.241 e. The zero-order valence-electron chi connectivity index (χ0n) is 10.9. The highest BCUT2D eigenvalue weighted by atomic mass is 79.9. The van der Waals surface area contributed by atoms with Crippen molar-refractivity contribution in [3.05, 3.63) is 27.1 Å². The summed E-state index contributed by atoms with van der Waals surface area (Å²) in [4.78, 5) is 12.3. The van der Waals surface area contributed by atoms with E-state index in [0.29, 0.717) is 5.92 Å². The average molecular weight is 390 g/mol. The molecule has 1 aliphatic rings. The molecule has 3 nitrogen and oxygen atoms in total. The van der Waals surface area contributed by atoms with E-state index in [0.717, 1.165) is 34.0 Å². The van der Waals surface area contributed by atoms with Crippen molar-refractivity contribution in [1.29, 1.82) is 0 Å². The number of hydrogen-bond donors (Lipinski definition) is 2. The van der Waals surface area contributed by atoms with Gasteiger partial charge in [0.15, 0.2) is 0 Å². The van der Waals surface area contributed by atoms with Gasteiger partial charge in [-0.05, 0) is 69.3 Å². The number of carbonyl (C=O) groups is 1. The summed E-state index contributed by atoms with van der Waals surface area (Å²) in [6.45, 7) is 3.11. The number of rotatable bonds is 3. The van der Waals surface area contributed by atoms with Crippen molar-refractivity contribution >= 4 is 43.5 Å². The molecule has 1 heterocycles. The molecule has 5 heteroatoms. The Labute approximate surface area is 130 Å². The molecule has 0 bridgehead atoms. The maximum atomic E-state index is 12.3. The highest BCUT2D eigenvalue weighted by Crippen LogP contribution is 2.31. The van der Waals surface area contributed by atoms with Gasteiger partial charge in [-0.1, -0.05) is 19.4 Å². The molecule has 0 saturated carbocycles. The van der Waals surface area contributed by atoms with E-state index in [2.05, 4.69) is 49.4 Å². The standard InChI is InChI=1S/C14H18Br2N2O/c1-2-9-6-7-17-12(8-9)14(19)18-13-10(15)4-3-5-11(13)16/h3-5,9,12,17H,2,6-8H2,1H3,(H,18,19). The van der Waals surface area contributed by atoms with Gasteiger partial charge in [-0.15, -0.1) is 0 Å². The molecule has 2 unspecified atom stereocenters. The second-order valence-corrected chi connectivity index (χ2v) is 6.60. The van der Waals surface area contributed by atoms with Crippen LogP contribution in [0.4, 0.5) is 5.69 Å². The number of piperidine rings is 1. The number of hydrogen-bond acceptors (Lipinski definition) is 2. The van der Waals surface area contributed by atoms with Crippen LogP contribution in [0.3, 0.4) is 0 Å². The van der Waals surface area contributed by atoms with Crippen molar-refractivity contribution in [2.75, 3.05) is 11.9 Å². The van der Waals surface area contributed by atoms with Gasteiger partial charge in [0.05, 0.1) is 11.7 Å². The van der Waals surface area contributed by atoms with E-state index < -0.39 is 0 Å². The Morgan fingerprint density at radius 3 is 2.74 bits per heavy atom. The molecular formula is C14H18Br2N2O. The van der Waals surface area contributed by atoms with E-state index in [1.54, 1.807) is 0 Å². The van der Waals surface area contributed by atoms with Crippen molar-refractivity contribution in [3.8, 4) is 0 Å². The van der Waals surface area contributed by atoms with Crippen LogP contribution in [0, 0.1) is 5.92 Å². The Morgan fingerprint density at radius 1 is 1.42 bits per heavy atom. The fourth-order valence-electron chi connectivity index (χ4n) is 2.39. The lowest BCUT2D eigenvalue weighted by atomic mass is 9.90. The summed E-state index contributed by atoms with van der Waals surface area (Å²) >= 11 is 6.92. The highest BCUT2D eigenvalue weighted by molar-refractivity contribution is 9.11. The SMILES string of the molecule is CCC1CCNC(C(=O)Nc2c(Br)cccc2Br)C1. The maximum absolute atomic E-state index is 12.3. The summed E-state index contributed by atoms with van der Waals surface area (Å²) in [6, 6.07) is 5.68. The van der Waals surface area contributed by atoms with Gasteiger partial charge in [0, 0.05) is 8.95 Å². The van der Waals surface area contributed by atoms with Crippen LogP contribution in [0.5, 0.6) is 0 Å². The van der Waals surface area contributed by atoms with E-state index in [9.17, 15) is 4.79 Å². The molecule has 1 amide bonds. The zero-order valence-corrected chi connectivity index (χ0v) is 14.1. The number of nitrogens with one attached hydrogen (secondary N) is 2. The van der Waals surface area contributed by atoms with Crippen LogP contribution in [-0.2, 0) is 4.79 Å². The van der Waals surface area contributed by atoms with E-state index in [1.807, 2.05) is 18.2 Å². The molecule has 0 spiro atoms. The smallest absolute Gasteiger partial charge is 0.241 e. The van der Waals surface area contributed by atoms with Crippen LogP contribution in [0.25, 0.3) is 0 Å². The Balaban J connectivity index is 2.04. The third kappa shape index (κ3) is 3.80. The number of benzene rings is 1. The molecule has 104 valence electrons. The van der Waals surface area contributed by atoms with E-state index in [-0.39, 0.29) is 11.9 Å². The molecule has 0 aromatic heterocycles. The lowest BCUT2D eigenvalue weighted by Gasteiger charge is -2.29. The van der Waals surface area contributed by atoms with Gasteiger partial charge in [0.2, 0.25) is 5.91 Å². The second kappa shape index (κ2) is 6.86. The number of anilines is 1. The van der Waals surface area contributed by atoms with Gasteiger partial charge in [-0.3, -0.25) is 4.79 Å². The van der Waals surface area contributed by atoms with Crippen molar-refractivity contribution < 1.29 is 4.79 Å². The number of amides is 1. The van der Waals surface area contributed by atoms with Gasteiger partial charge >= 0.3 is 0 Å². The highest BCUT2D eigenvalue weighted by Gasteiger charge is 2.26. The first-order valence-electron chi connectivity index (χ1n) is 6.60. The van der Waals surface area contributed by atoms with Crippen LogP contribution < -0.4 is 10.6 Å². The molecule has 19 heavy (non-hydrogen) atoms. The van der Waals surface area contributed by atoms with Gasteiger partial charge in [0.1, 0.15) is 0 Å². The fraction of sp³-hybridized carbons (Fsp3) is 0.500. The summed E-state index contributed by atoms with van der Waals surface area (Å²) in [6.07, 6.45) is 3.23. The largest absolute Gasteiger partial charge is 0.323 e. The van der Waals surface area contributed by atoms with Gasteiger partial charge in [-0.2, -0.15) is 0 Å². The predicted octanol–water partition coefficient (Wildman–Crippen LogP) is 3.93. The molecule has 1 saturated heterocycles. The Hall–Kier alpha value is -0.390. The molecular weight excluding hydrogens is 372 g/mol. The average Bonchev–Trinajstić information content (AvgIpc) is 2.43. The summed E-state index contributed by atoms with van der Waals surface area (Å²) < 4.78 is 1.77. The molecule has 0 aliphatic carbocycles. The Morgan fingerprint density at radius 2 is 2.11 bits per heavy atom. The lowest BCUT2D eigenvalue weighted by Crippen LogP contribution is -2.46. The molecule has 0 radical (unpaired) electrons. The molecule has 2 N–H and O–H groups in total. The van der Waals surface area contributed by atoms with Crippen molar-refractivity contribution in [3.63, 3.8) is 0 Å².